The van der Waals surface area contributed by atoms with Crippen LogP contribution in [-0.4, -0.2) is 6.18 Å². The molecule has 0 rings (SSSR count). The highest BCUT2D eigenvalue weighted by molar-refractivity contribution is 6.29. The standard InChI is InChI=1S/C10H15ClF3N/c1-4-7(6(2)3)5-8(9(11)15)10(12,13)14/h5-6H,4,15H2,1-3H3/b7-5+,9-8+. The molecule has 1 nitrogen and oxygen atoms in total. The zero-order chi connectivity index (χ0) is 12.2. The summed E-state index contributed by atoms with van der Waals surface area (Å²) in [7, 11) is 0. The first-order valence-electron chi connectivity index (χ1n) is 4.63. The number of hydrogen-bond acceptors (Lipinski definition) is 1. The molecule has 0 aromatic carbocycles. The van der Waals surface area contributed by atoms with Crippen LogP contribution in [0.2, 0.25) is 0 Å². The molecular weight excluding hydrogens is 227 g/mol. The second-order valence-corrected chi connectivity index (χ2v) is 3.89. The van der Waals surface area contributed by atoms with E-state index >= 15 is 0 Å². The largest absolute Gasteiger partial charge is 0.419 e. The van der Waals surface area contributed by atoms with Crippen molar-refractivity contribution in [3.63, 3.8) is 0 Å². The van der Waals surface area contributed by atoms with Crippen LogP contribution in [0.5, 0.6) is 0 Å². The van der Waals surface area contributed by atoms with Crippen molar-refractivity contribution >= 4 is 11.6 Å². The number of alkyl halides is 3. The van der Waals surface area contributed by atoms with E-state index in [1.807, 2.05) is 13.8 Å². The fourth-order valence-electron chi connectivity index (χ4n) is 1.15. The summed E-state index contributed by atoms with van der Waals surface area (Å²) in [6.45, 7) is 5.45. The van der Waals surface area contributed by atoms with Gasteiger partial charge in [0.1, 0.15) is 5.16 Å². The Morgan fingerprint density at radius 1 is 1.40 bits per heavy atom. The summed E-state index contributed by atoms with van der Waals surface area (Å²) in [4.78, 5) is 0. The molecule has 0 spiro atoms. The maximum atomic E-state index is 12.5. The molecule has 0 radical (unpaired) electrons. The van der Waals surface area contributed by atoms with Crippen LogP contribution in [0.4, 0.5) is 13.2 Å². The summed E-state index contributed by atoms with van der Waals surface area (Å²) in [5.41, 5.74) is 4.72. The van der Waals surface area contributed by atoms with E-state index < -0.39 is 16.9 Å². The van der Waals surface area contributed by atoms with Crippen LogP contribution in [0.3, 0.4) is 0 Å². The van der Waals surface area contributed by atoms with Gasteiger partial charge >= 0.3 is 6.18 Å². The van der Waals surface area contributed by atoms with Gasteiger partial charge in [-0.3, -0.25) is 0 Å². The predicted molar refractivity (Wildman–Crippen MR) is 56.3 cm³/mol. The zero-order valence-corrected chi connectivity index (χ0v) is 9.71. The SMILES string of the molecule is CC/C(=C\C(=C(/N)Cl)C(F)(F)F)C(C)C. The van der Waals surface area contributed by atoms with E-state index in [1.54, 1.807) is 6.92 Å². The highest BCUT2D eigenvalue weighted by Gasteiger charge is 2.34. The Hall–Kier alpha value is -0.640. The van der Waals surface area contributed by atoms with Crippen molar-refractivity contribution < 1.29 is 13.2 Å². The van der Waals surface area contributed by atoms with Crippen molar-refractivity contribution in [2.24, 2.45) is 11.7 Å². The quantitative estimate of drug-likeness (QED) is 0.588. The average Bonchev–Trinajstić information content (AvgIpc) is 2.01. The van der Waals surface area contributed by atoms with Gasteiger partial charge in [-0.2, -0.15) is 13.2 Å². The molecule has 0 aromatic heterocycles. The van der Waals surface area contributed by atoms with Gasteiger partial charge in [0, 0.05) is 0 Å². The van der Waals surface area contributed by atoms with Gasteiger partial charge in [-0.1, -0.05) is 37.9 Å². The molecular formula is C10H15ClF3N. The molecule has 0 atom stereocenters. The lowest BCUT2D eigenvalue weighted by atomic mass is 9.98. The minimum Gasteiger partial charge on any atom is -0.389 e. The molecule has 0 aromatic rings. The second kappa shape index (κ2) is 5.45. The summed E-state index contributed by atoms with van der Waals surface area (Å²) in [5.74, 6) is 0.0448. The zero-order valence-electron chi connectivity index (χ0n) is 8.95. The highest BCUT2D eigenvalue weighted by atomic mass is 35.5. The Bertz CT molecular complexity index is 273. The first-order chi connectivity index (χ1) is 6.70. The van der Waals surface area contributed by atoms with Crippen molar-refractivity contribution in [2.45, 2.75) is 33.4 Å². The lowest BCUT2D eigenvalue weighted by molar-refractivity contribution is -0.0887. The van der Waals surface area contributed by atoms with E-state index in [9.17, 15) is 13.2 Å². The van der Waals surface area contributed by atoms with Crippen LogP contribution in [0, 0.1) is 5.92 Å². The van der Waals surface area contributed by atoms with Gasteiger partial charge in [0.2, 0.25) is 0 Å². The molecule has 88 valence electrons. The Morgan fingerprint density at radius 2 is 1.87 bits per heavy atom. The predicted octanol–water partition coefficient (Wildman–Crippen LogP) is 3.95. The fraction of sp³-hybridized carbons (Fsp3) is 0.600. The Morgan fingerprint density at radius 3 is 2.07 bits per heavy atom. The molecule has 2 N–H and O–H groups in total. The Balaban J connectivity index is 5.26. The molecule has 0 amide bonds. The van der Waals surface area contributed by atoms with E-state index in [0.717, 1.165) is 6.08 Å². The van der Waals surface area contributed by atoms with Crippen molar-refractivity contribution in [2.75, 3.05) is 0 Å². The maximum Gasteiger partial charge on any atom is 0.419 e. The summed E-state index contributed by atoms with van der Waals surface area (Å²) in [6.07, 6.45) is -2.92. The van der Waals surface area contributed by atoms with Crippen LogP contribution in [0.15, 0.2) is 22.4 Å². The van der Waals surface area contributed by atoms with Crippen LogP contribution in [-0.2, 0) is 0 Å². The van der Waals surface area contributed by atoms with E-state index in [-0.39, 0.29) is 5.92 Å². The fourth-order valence-corrected chi connectivity index (χ4v) is 1.31. The molecule has 15 heavy (non-hydrogen) atoms. The van der Waals surface area contributed by atoms with Crippen LogP contribution >= 0.6 is 11.6 Å². The molecule has 0 aliphatic carbocycles. The maximum absolute atomic E-state index is 12.5. The lowest BCUT2D eigenvalue weighted by Gasteiger charge is -2.13. The lowest BCUT2D eigenvalue weighted by Crippen LogP contribution is -2.15. The van der Waals surface area contributed by atoms with Gasteiger partial charge in [-0.05, 0) is 18.4 Å². The first kappa shape index (κ1) is 14.4. The molecule has 5 heteroatoms. The Labute approximate surface area is 92.8 Å². The third kappa shape index (κ3) is 4.60. The van der Waals surface area contributed by atoms with E-state index in [1.165, 1.54) is 0 Å². The average molecular weight is 242 g/mol. The molecule has 0 heterocycles. The van der Waals surface area contributed by atoms with Gasteiger partial charge in [0.05, 0.1) is 5.57 Å². The Kier molecular flexibility index (Phi) is 5.21. The van der Waals surface area contributed by atoms with Crippen molar-refractivity contribution in [1.82, 2.24) is 0 Å². The van der Waals surface area contributed by atoms with Gasteiger partial charge in [-0.15, -0.1) is 0 Å². The molecule has 0 fully saturated rings. The van der Waals surface area contributed by atoms with Crippen molar-refractivity contribution in [3.05, 3.63) is 22.4 Å². The summed E-state index contributed by atoms with van der Waals surface area (Å²) in [5, 5.41) is -0.714. The molecule has 0 aliphatic rings. The monoisotopic (exact) mass is 241 g/mol. The van der Waals surface area contributed by atoms with Crippen LogP contribution in [0.25, 0.3) is 0 Å². The molecule has 0 saturated heterocycles. The number of halogens is 4. The molecule has 0 saturated carbocycles. The van der Waals surface area contributed by atoms with E-state index in [0.29, 0.717) is 12.0 Å². The number of nitrogens with two attached hydrogens (primary N) is 1. The minimum absolute atomic E-state index is 0.0448. The summed E-state index contributed by atoms with van der Waals surface area (Å²) < 4.78 is 37.4. The number of allylic oxidation sites excluding steroid dienone is 3. The van der Waals surface area contributed by atoms with E-state index in [2.05, 4.69) is 0 Å². The molecule has 0 unspecified atom stereocenters. The third-order valence-corrected chi connectivity index (χ3v) is 2.25. The number of hydrogen-bond donors (Lipinski definition) is 1. The molecule has 0 aliphatic heterocycles. The van der Waals surface area contributed by atoms with Crippen molar-refractivity contribution in [3.8, 4) is 0 Å². The minimum atomic E-state index is -4.50. The van der Waals surface area contributed by atoms with Gasteiger partial charge in [0.15, 0.2) is 0 Å². The van der Waals surface area contributed by atoms with Gasteiger partial charge in [0.25, 0.3) is 0 Å². The van der Waals surface area contributed by atoms with Crippen LogP contribution in [0.1, 0.15) is 27.2 Å². The van der Waals surface area contributed by atoms with Crippen molar-refractivity contribution in [1.29, 1.82) is 0 Å². The smallest absolute Gasteiger partial charge is 0.389 e. The topological polar surface area (TPSA) is 26.0 Å². The summed E-state index contributed by atoms with van der Waals surface area (Å²) in [6, 6.07) is 0. The van der Waals surface area contributed by atoms with Gasteiger partial charge in [-0.25, -0.2) is 0 Å². The third-order valence-electron chi connectivity index (χ3n) is 2.04. The number of rotatable bonds is 3. The van der Waals surface area contributed by atoms with Crippen LogP contribution < -0.4 is 5.73 Å². The highest BCUT2D eigenvalue weighted by Crippen LogP contribution is 2.31. The van der Waals surface area contributed by atoms with Gasteiger partial charge < -0.3 is 5.73 Å². The van der Waals surface area contributed by atoms with E-state index in [4.69, 9.17) is 17.3 Å². The molecule has 0 bridgehead atoms. The second-order valence-electron chi connectivity index (χ2n) is 3.49. The summed E-state index contributed by atoms with van der Waals surface area (Å²) >= 11 is 5.23. The first-order valence-corrected chi connectivity index (χ1v) is 5.00. The normalized spacial score (nSPS) is 15.6.